The maximum atomic E-state index is 10.6. The fourth-order valence-corrected chi connectivity index (χ4v) is 3.25. The van der Waals surface area contributed by atoms with Gasteiger partial charge in [0.05, 0.1) is 12.1 Å². The summed E-state index contributed by atoms with van der Waals surface area (Å²) in [6, 6.07) is 0.453. The van der Waals surface area contributed by atoms with Crippen molar-refractivity contribution < 1.29 is 9.90 Å². The third-order valence-electron chi connectivity index (χ3n) is 2.55. The molecule has 0 aliphatic rings. The van der Waals surface area contributed by atoms with Crippen LogP contribution < -0.4 is 4.90 Å². The van der Waals surface area contributed by atoms with Gasteiger partial charge in [0.2, 0.25) is 0 Å². The van der Waals surface area contributed by atoms with E-state index in [9.17, 15) is 4.79 Å². The van der Waals surface area contributed by atoms with Gasteiger partial charge in [0.25, 0.3) is 0 Å². The molecule has 0 radical (unpaired) electrons. The largest absolute Gasteiger partial charge is 0.481 e. The van der Waals surface area contributed by atoms with Crippen LogP contribution in [0.4, 0.5) is 5.13 Å². The molecule has 0 saturated carbocycles. The Hall–Kier alpha value is -0.750. The predicted octanol–water partition coefficient (Wildman–Crippen LogP) is 2.35. The van der Waals surface area contributed by atoms with Gasteiger partial charge in [-0.3, -0.25) is 4.79 Å². The summed E-state index contributed by atoms with van der Waals surface area (Å²) in [5, 5.41) is 11.4. The number of nitrogens with zero attached hydrogens (tertiary/aromatic N) is 2. The smallest absolute Gasteiger partial charge is 0.309 e. The maximum absolute atomic E-state index is 10.6. The highest BCUT2D eigenvalue weighted by molar-refractivity contribution is 7.98. The van der Waals surface area contributed by atoms with E-state index in [4.69, 9.17) is 5.11 Å². The highest BCUT2D eigenvalue weighted by atomic mass is 32.2. The first-order valence-electron chi connectivity index (χ1n) is 5.46. The molecule has 1 atom stereocenters. The van der Waals surface area contributed by atoms with Gasteiger partial charge in [0.15, 0.2) is 5.13 Å². The monoisotopic (exact) mass is 274 g/mol. The van der Waals surface area contributed by atoms with E-state index in [1.54, 1.807) is 0 Å². The maximum Gasteiger partial charge on any atom is 0.309 e. The lowest BCUT2D eigenvalue weighted by atomic mass is 10.2. The quantitative estimate of drug-likeness (QED) is 0.827. The van der Waals surface area contributed by atoms with Crippen molar-refractivity contribution in [3.8, 4) is 0 Å². The van der Waals surface area contributed by atoms with Crippen molar-refractivity contribution in [3.05, 3.63) is 11.1 Å². The van der Waals surface area contributed by atoms with Crippen LogP contribution in [-0.4, -0.2) is 41.2 Å². The number of rotatable bonds is 7. The van der Waals surface area contributed by atoms with Crippen LogP contribution in [0.3, 0.4) is 0 Å². The Morgan fingerprint density at radius 1 is 1.71 bits per heavy atom. The van der Waals surface area contributed by atoms with E-state index >= 15 is 0 Å². The number of aromatic nitrogens is 1. The molecule has 6 heteroatoms. The molecule has 0 spiro atoms. The van der Waals surface area contributed by atoms with Gasteiger partial charge >= 0.3 is 5.97 Å². The van der Waals surface area contributed by atoms with E-state index in [0.717, 1.165) is 17.3 Å². The standard InChI is InChI=1S/C11H18N2O2S2/c1-4-9(7-16-3)13(2)11-12-8(6-17-11)5-10(14)15/h6,9H,4-5,7H2,1-3H3,(H,14,15). The average Bonchev–Trinajstić information content (AvgIpc) is 2.72. The van der Waals surface area contributed by atoms with Crippen LogP contribution in [-0.2, 0) is 11.2 Å². The number of carboxylic acid groups (broad SMARTS) is 1. The summed E-state index contributed by atoms with van der Waals surface area (Å²) in [7, 11) is 2.02. The Bertz CT molecular complexity index is 368. The minimum Gasteiger partial charge on any atom is -0.481 e. The number of carbonyl (C=O) groups is 1. The number of hydrogen-bond acceptors (Lipinski definition) is 5. The van der Waals surface area contributed by atoms with E-state index in [0.29, 0.717) is 11.7 Å². The number of carboxylic acids is 1. The van der Waals surface area contributed by atoms with Crippen LogP contribution in [0.2, 0.25) is 0 Å². The van der Waals surface area contributed by atoms with Gasteiger partial charge in [0.1, 0.15) is 0 Å². The third kappa shape index (κ3) is 4.20. The molecule has 0 bridgehead atoms. The molecule has 1 aromatic heterocycles. The molecule has 1 aromatic rings. The van der Waals surface area contributed by atoms with Crippen LogP contribution in [0.25, 0.3) is 0 Å². The Morgan fingerprint density at radius 2 is 2.41 bits per heavy atom. The van der Waals surface area contributed by atoms with Crippen LogP contribution in [0.15, 0.2) is 5.38 Å². The van der Waals surface area contributed by atoms with Crippen molar-refractivity contribution in [2.45, 2.75) is 25.8 Å². The minimum atomic E-state index is -0.833. The van der Waals surface area contributed by atoms with Gasteiger partial charge < -0.3 is 10.0 Å². The molecule has 0 fully saturated rings. The van der Waals surface area contributed by atoms with Crippen LogP contribution >= 0.6 is 23.1 Å². The molecular formula is C11H18N2O2S2. The molecule has 0 aliphatic carbocycles. The number of thiazole rings is 1. The molecule has 17 heavy (non-hydrogen) atoms. The normalized spacial score (nSPS) is 12.4. The molecule has 1 N–H and O–H groups in total. The lowest BCUT2D eigenvalue weighted by molar-refractivity contribution is -0.136. The molecule has 1 rings (SSSR count). The number of anilines is 1. The number of aliphatic carboxylic acids is 1. The molecule has 0 saturated heterocycles. The first-order valence-corrected chi connectivity index (χ1v) is 7.73. The summed E-state index contributed by atoms with van der Waals surface area (Å²) in [6.45, 7) is 2.16. The molecule has 4 nitrogen and oxygen atoms in total. The molecular weight excluding hydrogens is 256 g/mol. The molecule has 0 aromatic carbocycles. The average molecular weight is 274 g/mol. The SMILES string of the molecule is CCC(CSC)N(C)c1nc(CC(=O)O)cs1. The minimum absolute atomic E-state index is 0.00363. The summed E-state index contributed by atoms with van der Waals surface area (Å²) in [6.07, 6.45) is 3.16. The van der Waals surface area contributed by atoms with Gasteiger partial charge in [-0.05, 0) is 12.7 Å². The van der Waals surface area contributed by atoms with Gasteiger partial charge in [-0.25, -0.2) is 4.98 Å². The lowest BCUT2D eigenvalue weighted by Gasteiger charge is -2.26. The summed E-state index contributed by atoms with van der Waals surface area (Å²) >= 11 is 3.33. The Morgan fingerprint density at radius 3 is 2.94 bits per heavy atom. The van der Waals surface area contributed by atoms with Crippen LogP contribution in [0, 0.1) is 0 Å². The summed E-state index contributed by atoms with van der Waals surface area (Å²) in [5.74, 6) is 0.224. The number of thioether (sulfide) groups is 1. The first-order chi connectivity index (χ1) is 8.08. The zero-order valence-electron chi connectivity index (χ0n) is 10.3. The second-order valence-corrected chi connectivity index (χ2v) is 5.57. The van der Waals surface area contributed by atoms with Gasteiger partial charge in [-0.2, -0.15) is 11.8 Å². The topological polar surface area (TPSA) is 53.4 Å². The van der Waals surface area contributed by atoms with Crippen molar-refractivity contribution >= 4 is 34.2 Å². The lowest BCUT2D eigenvalue weighted by Crippen LogP contribution is -2.33. The summed E-state index contributed by atoms with van der Waals surface area (Å²) in [4.78, 5) is 17.1. The van der Waals surface area contributed by atoms with Crippen molar-refractivity contribution in [1.29, 1.82) is 0 Å². The second kappa shape index (κ2) is 6.86. The number of hydrogen-bond donors (Lipinski definition) is 1. The molecule has 0 amide bonds. The predicted molar refractivity (Wildman–Crippen MR) is 74.3 cm³/mol. The van der Waals surface area contributed by atoms with Crippen molar-refractivity contribution in [2.75, 3.05) is 24.0 Å². The third-order valence-corrected chi connectivity index (χ3v) is 4.25. The van der Waals surface area contributed by atoms with Crippen molar-refractivity contribution in [3.63, 3.8) is 0 Å². The van der Waals surface area contributed by atoms with Gasteiger partial charge in [-0.15, -0.1) is 11.3 Å². The zero-order valence-corrected chi connectivity index (χ0v) is 12.0. The molecule has 1 unspecified atom stereocenters. The Kier molecular flexibility index (Phi) is 5.77. The Balaban J connectivity index is 2.70. The molecule has 0 aliphatic heterocycles. The molecule has 96 valence electrons. The highest BCUT2D eigenvalue weighted by Gasteiger charge is 2.16. The van der Waals surface area contributed by atoms with Crippen LogP contribution in [0.5, 0.6) is 0 Å². The first kappa shape index (κ1) is 14.3. The van der Waals surface area contributed by atoms with E-state index in [-0.39, 0.29) is 6.42 Å². The van der Waals surface area contributed by atoms with E-state index in [1.807, 2.05) is 24.2 Å². The van der Waals surface area contributed by atoms with Crippen LogP contribution in [0.1, 0.15) is 19.0 Å². The highest BCUT2D eigenvalue weighted by Crippen LogP contribution is 2.23. The summed E-state index contributed by atoms with van der Waals surface area (Å²) < 4.78 is 0. The van der Waals surface area contributed by atoms with Crippen molar-refractivity contribution in [1.82, 2.24) is 4.98 Å². The van der Waals surface area contributed by atoms with Crippen molar-refractivity contribution in [2.24, 2.45) is 0 Å². The fraction of sp³-hybridized carbons (Fsp3) is 0.636. The zero-order chi connectivity index (χ0) is 12.8. The van der Waals surface area contributed by atoms with Gasteiger partial charge in [-0.1, -0.05) is 6.92 Å². The van der Waals surface area contributed by atoms with E-state index in [1.165, 1.54) is 11.3 Å². The van der Waals surface area contributed by atoms with E-state index in [2.05, 4.69) is 23.1 Å². The summed E-state index contributed by atoms with van der Waals surface area (Å²) in [5.41, 5.74) is 0.642. The second-order valence-electron chi connectivity index (χ2n) is 3.82. The van der Waals surface area contributed by atoms with Gasteiger partial charge in [0, 0.05) is 24.2 Å². The molecule has 1 heterocycles. The Labute approximate surface area is 110 Å². The van der Waals surface area contributed by atoms with E-state index < -0.39 is 5.97 Å². The fourth-order valence-electron chi connectivity index (χ4n) is 1.55.